The minimum Gasteiger partial charge on any atom is -0.326 e. The zero-order chi connectivity index (χ0) is 13.2. The molecule has 0 saturated carbocycles. The first-order valence-corrected chi connectivity index (χ1v) is 6.60. The zero-order valence-corrected chi connectivity index (χ0v) is 12.1. The van der Waals surface area contributed by atoms with Gasteiger partial charge in [-0.2, -0.15) is 0 Å². The van der Waals surface area contributed by atoms with Crippen LogP contribution in [0.2, 0.25) is 0 Å². The number of halogens is 1. The maximum absolute atomic E-state index is 12.2. The summed E-state index contributed by atoms with van der Waals surface area (Å²) in [6, 6.07) is 9.70. The van der Waals surface area contributed by atoms with E-state index in [0.29, 0.717) is 5.92 Å². The van der Waals surface area contributed by atoms with Gasteiger partial charge in [-0.15, -0.1) is 12.4 Å². The number of hydrogen-bond acceptors (Lipinski definition) is 3. The summed E-state index contributed by atoms with van der Waals surface area (Å²) < 4.78 is 0. The number of carbonyl (C=O) groups is 1. The van der Waals surface area contributed by atoms with Gasteiger partial charge in [-0.05, 0) is 36.7 Å². The lowest BCUT2D eigenvalue weighted by atomic mass is 9.97. The minimum atomic E-state index is 0. The highest BCUT2D eigenvalue weighted by atomic mass is 35.5. The van der Waals surface area contributed by atoms with E-state index in [1.54, 1.807) is 6.20 Å². The number of pyridine rings is 1. The van der Waals surface area contributed by atoms with Crippen LogP contribution in [0.4, 0.5) is 5.69 Å². The molecule has 2 atom stereocenters. The van der Waals surface area contributed by atoms with Gasteiger partial charge in [0.25, 0.3) is 0 Å². The molecule has 2 heterocycles. The Kier molecular flexibility index (Phi) is 4.57. The number of nitrogens with one attached hydrogen (secondary N) is 2. The molecule has 1 saturated heterocycles. The predicted molar refractivity (Wildman–Crippen MR) is 83.1 cm³/mol. The van der Waals surface area contributed by atoms with Crippen molar-refractivity contribution in [1.29, 1.82) is 0 Å². The van der Waals surface area contributed by atoms with Gasteiger partial charge in [0, 0.05) is 23.8 Å². The molecule has 1 aromatic carbocycles. The molecule has 2 aromatic rings. The largest absolute Gasteiger partial charge is 0.326 e. The average Bonchev–Trinajstić information content (AvgIpc) is 2.85. The van der Waals surface area contributed by atoms with Crippen LogP contribution in [-0.2, 0) is 4.79 Å². The highest BCUT2D eigenvalue weighted by Crippen LogP contribution is 2.21. The Labute approximate surface area is 124 Å². The van der Waals surface area contributed by atoms with Crippen LogP contribution in [0.5, 0.6) is 0 Å². The molecule has 2 N–H and O–H groups in total. The van der Waals surface area contributed by atoms with Crippen LogP contribution in [0, 0.1) is 11.8 Å². The third kappa shape index (κ3) is 2.92. The molecule has 1 aromatic heterocycles. The van der Waals surface area contributed by atoms with Gasteiger partial charge in [-0.25, -0.2) is 0 Å². The number of carbonyl (C=O) groups excluding carboxylic acids is 1. The van der Waals surface area contributed by atoms with Crippen LogP contribution in [-0.4, -0.2) is 24.0 Å². The summed E-state index contributed by atoms with van der Waals surface area (Å²) in [4.78, 5) is 16.5. The summed E-state index contributed by atoms with van der Waals surface area (Å²) in [5.74, 6) is 0.549. The summed E-state index contributed by atoms with van der Waals surface area (Å²) in [5.41, 5.74) is 1.78. The highest BCUT2D eigenvalue weighted by Gasteiger charge is 2.29. The van der Waals surface area contributed by atoms with E-state index in [2.05, 4.69) is 22.5 Å². The van der Waals surface area contributed by atoms with Crippen molar-refractivity contribution in [3.8, 4) is 0 Å². The number of fused-ring (bicyclic) bond motifs is 1. The van der Waals surface area contributed by atoms with Gasteiger partial charge in [-0.1, -0.05) is 13.0 Å². The van der Waals surface area contributed by atoms with Crippen molar-refractivity contribution in [2.24, 2.45) is 11.8 Å². The van der Waals surface area contributed by atoms with Crippen LogP contribution in [0.1, 0.15) is 6.92 Å². The van der Waals surface area contributed by atoms with Crippen molar-refractivity contribution in [3.05, 3.63) is 36.5 Å². The lowest BCUT2D eigenvalue weighted by Gasteiger charge is -2.14. The van der Waals surface area contributed by atoms with E-state index in [1.165, 1.54) is 0 Å². The molecule has 1 aliphatic rings. The minimum absolute atomic E-state index is 0. The van der Waals surface area contributed by atoms with Gasteiger partial charge in [-0.3, -0.25) is 9.78 Å². The summed E-state index contributed by atoms with van der Waals surface area (Å²) in [6.45, 7) is 3.79. The number of anilines is 1. The van der Waals surface area contributed by atoms with Crippen LogP contribution < -0.4 is 10.6 Å². The molecular formula is C15H18ClN3O. The van der Waals surface area contributed by atoms with Crippen molar-refractivity contribution in [2.45, 2.75) is 6.92 Å². The summed E-state index contributed by atoms with van der Waals surface area (Å²) >= 11 is 0. The van der Waals surface area contributed by atoms with E-state index in [-0.39, 0.29) is 24.2 Å². The van der Waals surface area contributed by atoms with Gasteiger partial charge in [0.05, 0.1) is 11.4 Å². The third-order valence-electron chi connectivity index (χ3n) is 3.72. The molecule has 0 unspecified atom stereocenters. The maximum atomic E-state index is 12.2. The van der Waals surface area contributed by atoms with Crippen LogP contribution in [0.15, 0.2) is 36.5 Å². The van der Waals surface area contributed by atoms with Crippen molar-refractivity contribution in [3.63, 3.8) is 0 Å². The first-order chi connectivity index (χ1) is 9.24. The lowest BCUT2D eigenvalue weighted by Crippen LogP contribution is -2.27. The number of nitrogens with zero attached hydrogens (tertiary/aromatic N) is 1. The smallest absolute Gasteiger partial charge is 0.229 e. The Morgan fingerprint density at radius 1 is 1.35 bits per heavy atom. The van der Waals surface area contributed by atoms with E-state index in [9.17, 15) is 4.79 Å². The number of benzene rings is 1. The highest BCUT2D eigenvalue weighted by molar-refractivity contribution is 5.95. The Bertz CT molecular complexity index is 617. The first-order valence-electron chi connectivity index (χ1n) is 6.60. The number of hydrogen-bond donors (Lipinski definition) is 2. The normalized spacial score (nSPS) is 21.4. The van der Waals surface area contributed by atoms with E-state index in [0.717, 1.165) is 29.7 Å². The van der Waals surface area contributed by atoms with Gasteiger partial charge in [0.15, 0.2) is 0 Å². The van der Waals surface area contributed by atoms with Crippen LogP contribution >= 0.6 is 12.4 Å². The van der Waals surface area contributed by atoms with E-state index < -0.39 is 0 Å². The van der Waals surface area contributed by atoms with Gasteiger partial charge in [0.1, 0.15) is 0 Å². The van der Waals surface area contributed by atoms with Crippen LogP contribution in [0.25, 0.3) is 10.9 Å². The molecular weight excluding hydrogens is 274 g/mol. The molecule has 1 aliphatic heterocycles. The second-order valence-electron chi connectivity index (χ2n) is 5.14. The van der Waals surface area contributed by atoms with E-state index in [1.807, 2.05) is 30.3 Å². The first kappa shape index (κ1) is 14.8. The quantitative estimate of drug-likeness (QED) is 0.894. The average molecular weight is 292 g/mol. The summed E-state index contributed by atoms with van der Waals surface area (Å²) in [7, 11) is 0. The molecule has 0 bridgehead atoms. The molecule has 106 valence electrons. The molecule has 0 aliphatic carbocycles. The fourth-order valence-electron chi connectivity index (χ4n) is 2.55. The third-order valence-corrected chi connectivity index (χ3v) is 3.72. The van der Waals surface area contributed by atoms with E-state index in [4.69, 9.17) is 0 Å². The van der Waals surface area contributed by atoms with Crippen molar-refractivity contribution >= 4 is 34.9 Å². The van der Waals surface area contributed by atoms with Crippen molar-refractivity contribution < 1.29 is 4.79 Å². The van der Waals surface area contributed by atoms with Crippen molar-refractivity contribution in [2.75, 3.05) is 18.4 Å². The summed E-state index contributed by atoms with van der Waals surface area (Å²) in [5, 5.41) is 7.29. The molecule has 1 fully saturated rings. The predicted octanol–water partition coefficient (Wildman–Crippen LogP) is 2.45. The SMILES string of the molecule is C[C@@H]1CNC[C@H]1C(=O)Nc1ccc2ncccc2c1.Cl. The Hall–Kier alpha value is -1.65. The zero-order valence-electron chi connectivity index (χ0n) is 11.3. The topological polar surface area (TPSA) is 54.0 Å². The van der Waals surface area contributed by atoms with Crippen molar-refractivity contribution in [1.82, 2.24) is 10.3 Å². The second kappa shape index (κ2) is 6.20. The number of aromatic nitrogens is 1. The molecule has 5 heteroatoms. The van der Waals surface area contributed by atoms with Crippen LogP contribution in [0.3, 0.4) is 0 Å². The summed E-state index contributed by atoms with van der Waals surface area (Å²) in [6.07, 6.45) is 1.77. The monoisotopic (exact) mass is 291 g/mol. The second-order valence-corrected chi connectivity index (χ2v) is 5.14. The van der Waals surface area contributed by atoms with E-state index >= 15 is 0 Å². The number of amides is 1. The van der Waals surface area contributed by atoms with Gasteiger partial charge in [0.2, 0.25) is 5.91 Å². The lowest BCUT2D eigenvalue weighted by molar-refractivity contribution is -0.120. The van der Waals surface area contributed by atoms with Gasteiger partial charge < -0.3 is 10.6 Å². The standard InChI is InChI=1S/C15H17N3O.ClH/c1-10-8-16-9-13(10)15(19)18-12-4-5-14-11(7-12)3-2-6-17-14;/h2-7,10,13,16H,8-9H2,1H3,(H,18,19);1H/t10-,13-;/m1./s1. The Balaban J connectivity index is 0.00000147. The van der Waals surface area contributed by atoms with Gasteiger partial charge >= 0.3 is 0 Å². The fraction of sp³-hybridized carbons (Fsp3) is 0.333. The number of rotatable bonds is 2. The fourth-order valence-corrected chi connectivity index (χ4v) is 2.55. The Morgan fingerprint density at radius 3 is 2.95 bits per heavy atom. The maximum Gasteiger partial charge on any atom is 0.229 e. The molecule has 3 rings (SSSR count). The Morgan fingerprint density at radius 2 is 2.20 bits per heavy atom. The molecule has 1 amide bonds. The molecule has 20 heavy (non-hydrogen) atoms. The molecule has 4 nitrogen and oxygen atoms in total. The molecule has 0 spiro atoms. The molecule has 0 radical (unpaired) electrons.